The lowest BCUT2D eigenvalue weighted by atomic mass is 9.80. The molecule has 0 saturated heterocycles. The van der Waals surface area contributed by atoms with Crippen molar-refractivity contribution in [2.24, 2.45) is 23.7 Å². The van der Waals surface area contributed by atoms with Crippen molar-refractivity contribution in [1.29, 1.82) is 0 Å². The Morgan fingerprint density at radius 3 is 1.41 bits per heavy atom. The summed E-state index contributed by atoms with van der Waals surface area (Å²) in [6, 6.07) is 15.6. The molecule has 61 heavy (non-hydrogen) atoms. The van der Waals surface area contributed by atoms with Crippen LogP contribution in [0.3, 0.4) is 0 Å². The number of methoxy groups -OCH3 is 1. The first-order valence-corrected chi connectivity index (χ1v) is 28.9. The molecule has 0 radical (unpaired) electrons. The van der Waals surface area contributed by atoms with Gasteiger partial charge < -0.3 is 23.9 Å². The average molecular weight is 930 g/mol. The second-order valence-corrected chi connectivity index (χ2v) is 27.3. The monoisotopic (exact) mass is 928 g/mol. The summed E-state index contributed by atoms with van der Waals surface area (Å²) in [5.74, 6) is 2.48. The van der Waals surface area contributed by atoms with Gasteiger partial charge in [0.1, 0.15) is 20.0 Å². The maximum Gasteiger partial charge on any atom is 0.492 e. The van der Waals surface area contributed by atoms with Gasteiger partial charge in [0, 0.05) is 66.9 Å². The molecule has 4 bridgehead atoms. The molecule has 2 aromatic carbocycles. The SMILES string of the molecule is COc1ccccc1B(O)O.Cc1ccccc1C1=C(P(=O)(C2CCCCC2)C2CCCCC2)C2C=CC1C2.O=P(C1=C(Br)C2C=CC1C2)(C1CCCCC1)C1CCCCC1. The highest BCUT2D eigenvalue weighted by Crippen LogP contribution is 2.76. The fourth-order valence-corrected chi connectivity index (χ4v) is 24.5. The van der Waals surface area contributed by atoms with E-state index in [9.17, 15) is 4.57 Å². The number of aryl methyl sites for hydroxylation is 1. The van der Waals surface area contributed by atoms with E-state index in [1.807, 2.05) is 0 Å². The Bertz CT molecular complexity index is 2000. The molecule has 0 aliphatic heterocycles. The molecule has 8 aliphatic carbocycles. The Kier molecular flexibility index (Phi) is 15.4. The van der Waals surface area contributed by atoms with Gasteiger partial charge in [-0.05, 0) is 93.9 Å². The molecular formula is C52H72BBrO5P2. The molecule has 330 valence electrons. The molecule has 0 spiro atoms. The number of ether oxygens (including phenoxy) is 1. The molecule has 0 aromatic heterocycles. The van der Waals surface area contributed by atoms with Crippen molar-refractivity contribution in [1.82, 2.24) is 0 Å². The third kappa shape index (κ3) is 9.32. The average Bonchev–Trinajstić information content (AvgIpc) is 4.14. The lowest BCUT2D eigenvalue weighted by molar-refractivity contribution is 0.403. The number of hydrogen-bond donors (Lipinski definition) is 2. The molecule has 4 unspecified atom stereocenters. The van der Waals surface area contributed by atoms with Gasteiger partial charge in [-0.1, -0.05) is 160 Å². The van der Waals surface area contributed by atoms with Gasteiger partial charge in [-0.15, -0.1) is 0 Å². The maximum atomic E-state index is 15.3. The maximum absolute atomic E-state index is 15.3. The van der Waals surface area contributed by atoms with Crippen molar-refractivity contribution >= 4 is 48.4 Å². The van der Waals surface area contributed by atoms with Gasteiger partial charge in [-0.2, -0.15) is 0 Å². The van der Waals surface area contributed by atoms with Crippen LogP contribution in [0.15, 0.2) is 87.9 Å². The minimum atomic E-state index is -2.37. The van der Waals surface area contributed by atoms with Gasteiger partial charge in [-0.25, -0.2) is 0 Å². The highest BCUT2D eigenvalue weighted by Gasteiger charge is 2.52. The van der Waals surface area contributed by atoms with Crippen LogP contribution < -0.4 is 10.2 Å². The van der Waals surface area contributed by atoms with E-state index >= 15 is 4.57 Å². The standard InChI is InChI=1S/C26H35OP.C19H28BrOP.C7H9BO3/c1-19-10-8-9-15-24(19)25-20-16-17-21(18-20)26(25)28(27,22-11-4-2-5-12-22)23-13-6-3-7-14-23;20-18-14-11-12-15(13-14)19(18)22(21,16-7-3-1-4-8-16)17-9-5-2-6-10-17;1-11-7-5-3-2-4-6(7)8(9)10/h8-10,15-17,20-23H,2-7,11-14,18H2,1H3;11-12,14-17H,1-10,13H2;2-5,9-10H,1H3. The van der Waals surface area contributed by atoms with E-state index in [1.165, 1.54) is 180 Å². The normalized spacial score (nSPS) is 27.2. The summed E-state index contributed by atoms with van der Waals surface area (Å²) in [6.07, 6.45) is 37.4. The Labute approximate surface area is 376 Å². The number of halogens is 1. The number of para-hydroxylation sites is 1. The molecule has 0 amide bonds. The smallest absolute Gasteiger partial charge is 0.492 e. The number of hydrogen-bond acceptors (Lipinski definition) is 5. The first kappa shape index (κ1) is 45.7. The quantitative estimate of drug-likeness (QED) is 0.149. The number of benzene rings is 2. The van der Waals surface area contributed by atoms with E-state index < -0.39 is 21.4 Å². The highest BCUT2D eigenvalue weighted by molar-refractivity contribution is 9.11. The van der Waals surface area contributed by atoms with E-state index in [1.54, 1.807) is 24.3 Å². The minimum Gasteiger partial charge on any atom is -0.497 e. The van der Waals surface area contributed by atoms with Crippen molar-refractivity contribution in [3.8, 4) is 5.75 Å². The van der Waals surface area contributed by atoms with Gasteiger partial charge >= 0.3 is 7.12 Å². The summed E-state index contributed by atoms with van der Waals surface area (Å²) in [7, 11) is -4.59. The van der Waals surface area contributed by atoms with E-state index in [2.05, 4.69) is 71.4 Å². The van der Waals surface area contributed by atoms with Gasteiger partial charge in [-0.3, -0.25) is 0 Å². The second-order valence-electron chi connectivity index (χ2n) is 19.7. The zero-order valence-electron chi connectivity index (χ0n) is 37.1. The molecule has 10 rings (SSSR count). The van der Waals surface area contributed by atoms with Crippen molar-refractivity contribution in [3.63, 3.8) is 0 Å². The van der Waals surface area contributed by atoms with Gasteiger partial charge in [0.2, 0.25) is 0 Å². The van der Waals surface area contributed by atoms with E-state index in [4.69, 9.17) is 14.8 Å². The Morgan fingerprint density at radius 2 is 0.967 bits per heavy atom. The number of fused-ring (bicyclic) bond motifs is 4. The lowest BCUT2D eigenvalue weighted by Crippen LogP contribution is -2.30. The van der Waals surface area contributed by atoms with E-state index in [-0.39, 0.29) is 0 Å². The molecule has 4 fully saturated rings. The van der Waals surface area contributed by atoms with Crippen LogP contribution >= 0.6 is 30.2 Å². The van der Waals surface area contributed by atoms with Crippen LogP contribution in [0.2, 0.25) is 0 Å². The van der Waals surface area contributed by atoms with Crippen LogP contribution in [0, 0.1) is 30.6 Å². The van der Waals surface area contributed by atoms with Crippen LogP contribution in [-0.4, -0.2) is 46.9 Å². The Balaban J connectivity index is 0.000000138. The van der Waals surface area contributed by atoms with Crippen molar-refractivity contribution in [2.45, 2.75) is 171 Å². The summed E-state index contributed by atoms with van der Waals surface area (Å²) < 4.78 is 36.1. The Morgan fingerprint density at radius 1 is 0.557 bits per heavy atom. The molecule has 4 saturated carbocycles. The molecule has 9 heteroatoms. The number of allylic oxidation sites excluding steroid dienone is 8. The third-order valence-corrected chi connectivity index (χ3v) is 26.5. The summed E-state index contributed by atoms with van der Waals surface area (Å²) >= 11 is 3.89. The van der Waals surface area contributed by atoms with Crippen LogP contribution in [-0.2, 0) is 9.13 Å². The highest BCUT2D eigenvalue weighted by atomic mass is 79.9. The van der Waals surface area contributed by atoms with Crippen molar-refractivity contribution in [2.75, 3.05) is 7.11 Å². The minimum absolute atomic E-state index is 0.384. The Hall–Kier alpha value is -1.88. The van der Waals surface area contributed by atoms with E-state index in [0.717, 1.165) is 0 Å². The van der Waals surface area contributed by atoms with Crippen molar-refractivity contribution in [3.05, 3.63) is 99.1 Å². The first-order chi connectivity index (χ1) is 29.7. The molecule has 8 aliphatic rings. The molecule has 2 N–H and O–H groups in total. The second kappa shape index (κ2) is 20.5. The van der Waals surface area contributed by atoms with Crippen LogP contribution in [0.4, 0.5) is 0 Å². The molecular weight excluding hydrogens is 857 g/mol. The molecule has 0 heterocycles. The predicted molar refractivity (Wildman–Crippen MR) is 261 cm³/mol. The predicted octanol–water partition coefficient (Wildman–Crippen LogP) is 14.1. The lowest BCUT2D eigenvalue weighted by Gasteiger charge is -2.41. The largest absolute Gasteiger partial charge is 0.497 e. The first-order valence-electron chi connectivity index (χ1n) is 24.4. The zero-order valence-corrected chi connectivity index (χ0v) is 40.4. The molecule has 4 atom stereocenters. The number of rotatable bonds is 9. The van der Waals surface area contributed by atoms with Crippen LogP contribution in [0.25, 0.3) is 5.57 Å². The van der Waals surface area contributed by atoms with E-state index in [0.29, 0.717) is 57.5 Å². The zero-order chi connectivity index (χ0) is 42.6. The van der Waals surface area contributed by atoms with Crippen LogP contribution in [0.1, 0.15) is 152 Å². The van der Waals surface area contributed by atoms with Gasteiger partial charge in [0.25, 0.3) is 0 Å². The van der Waals surface area contributed by atoms with Gasteiger partial charge in [0.05, 0.1) is 7.11 Å². The third-order valence-electron chi connectivity index (χ3n) is 16.2. The summed E-state index contributed by atoms with van der Waals surface area (Å²) in [5, 5.41) is 20.5. The van der Waals surface area contributed by atoms with Gasteiger partial charge in [0.15, 0.2) is 0 Å². The van der Waals surface area contributed by atoms with Crippen molar-refractivity contribution < 1.29 is 23.9 Å². The topological polar surface area (TPSA) is 83.8 Å². The fourth-order valence-electron chi connectivity index (χ4n) is 13.2. The summed E-state index contributed by atoms with van der Waals surface area (Å²) in [5.41, 5.74) is 6.55. The fraction of sp³-hybridized carbons (Fsp3) is 0.615. The summed E-state index contributed by atoms with van der Waals surface area (Å²) in [6.45, 7) is 2.24. The molecule has 5 nitrogen and oxygen atoms in total. The summed E-state index contributed by atoms with van der Waals surface area (Å²) in [4.78, 5) is 0. The van der Waals surface area contributed by atoms with Crippen LogP contribution in [0.5, 0.6) is 5.75 Å². The molecule has 2 aromatic rings.